The van der Waals surface area contributed by atoms with E-state index in [1.807, 2.05) is 26.0 Å². The molecule has 4 aromatic carbocycles. The molecule has 432 valence electrons. The second-order valence-electron chi connectivity index (χ2n) is 24.6. The van der Waals surface area contributed by atoms with Gasteiger partial charge in [-0.25, -0.2) is 26.3 Å². The van der Waals surface area contributed by atoms with E-state index in [-0.39, 0.29) is 22.7 Å². The Kier molecular flexibility index (Phi) is 16.6. The molecule has 0 aromatic heterocycles. The van der Waals surface area contributed by atoms with Gasteiger partial charge < -0.3 is 29.5 Å². The molecule has 0 radical (unpaired) electrons. The minimum atomic E-state index is -3.86. The normalized spacial score (nSPS) is 31.8. The third-order valence-corrected chi connectivity index (χ3v) is 24.1. The Morgan fingerprint density at radius 2 is 0.988 bits per heavy atom. The smallest absolute Gasteiger partial charge is 0.264 e. The van der Waals surface area contributed by atoms with Gasteiger partial charge in [0.15, 0.2) is 0 Å². The molecule has 2 fully saturated rings. The molecule has 4 aliphatic heterocycles. The van der Waals surface area contributed by atoms with Crippen molar-refractivity contribution < 1.29 is 46.1 Å². The fourth-order valence-corrected chi connectivity index (χ4v) is 18.3. The van der Waals surface area contributed by atoms with Gasteiger partial charge in [0.25, 0.3) is 11.8 Å². The maximum absolute atomic E-state index is 13.3. The molecule has 8 aliphatic rings. The van der Waals surface area contributed by atoms with Crippen molar-refractivity contribution in [3.63, 3.8) is 0 Å². The van der Waals surface area contributed by atoms with E-state index < -0.39 is 54.6 Å². The number of aliphatic hydroxyl groups excluding tert-OH is 2. The zero-order chi connectivity index (χ0) is 56.1. The minimum Gasteiger partial charge on any atom is -0.490 e. The number of carbonyl (C=O) groups excluding carboxylic acids is 2. The van der Waals surface area contributed by atoms with Gasteiger partial charge >= 0.3 is 0 Å². The molecule has 14 nitrogen and oxygen atoms in total. The second kappa shape index (κ2) is 23.2. The molecule has 18 heteroatoms. The summed E-state index contributed by atoms with van der Waals surface area (Å²) in [5, 5.41) is 22.4. The summed E-state index contributed by atoms with van der Waals surface area (Å²) in [6.45, 7) is 7.62. The van der Waals surface area contributed by atoms with Gasteiger partial charge in [-0.15, -0.1) is 0 Å². The van der Waals surface area contributed by atoms with Crippen LogP contribution in [0.1, 0.15) is 160 Å². The summed E-state index contributed by atoms with van der Waals surface area (Å²) >= 11 is 12.7. The van der Waals surface area contributed by atoms with E-state index >= 15 is 0 Å². The summed E-state index contributed by atoms with van der Waals surface area (Å²) in [6, 6.07) is 22.9. The number of rotatable bonds is 2. The number of aliphatic hydroxyl groups is 2. The van der Waals surface area contributed by atoms with E-state index in [1.165, 1.54) is 22.3 Å². The van der Waals surface area contributed by atoms with Gasteiger partial charge in [-0.3, -0.25) is 9.59 Å². The second-order valence-corrected chi connectivity index (χ2v) is 29.4. The maximum atomic E-state index is 13.3. The molecule has 4 heterocycles. The molecule has 80 heavy (non-hydrogen) atoms. The molecular weight excluding hydrogens is 1100 g/mol. The first-order valence-corrected chi connectivity index (χ1v) is 33.3. The number of hydrogen-bond donors (Lipinski definition) is 4. The van der Waals surface area contributed by atoms with Gasteiger partial charge in [0.05, 0.1) is 47.3 Å². The number of aryl methyl sites for hydroxylation is 2. The monoisotopic (exact) mass is 1170 g/mol. The number of halogens is 2. The Labute approximate surface area is 482 Å². The minimum absolute atomic E-state index is 0.186. The van der Waals surface area contributed by atoms with Crippen molar-refractivity contribution in [2.45, 2.75) is 163 Å². The van der Waals surface area contributed by atoms with Crippen LogP contribution in [0.15, 0.2) is 72.8 Å². The van der Waals surface area contributed by atoms with Crippen LogP contribution in [0.5, 0.6) is 11.5 Å². The van der Waals surface area contributed by atoms with E-state index in [0.717, 1.165) is 112 Å². The molecule has 0 unspecified atom stereocenters. The van der Waals surface area contributed by atoms with Crippen LogP contribution in [0.2, 0.25) is 10.0 Å². The summed E-state index contributed by atoms with van der Waals surface area (Å²) in [5.74, 6) is 1.17. The van der Waals surface area contributed by atoms with Crippen molar-refractivity contribution in [2.24, 2.45) is 23.7 Å². The lowest BCUT2D eigenvalue weighted by atomic mass is 9.68. The summed E-state index contributed by atoms with van der Waals surface area (Å²) < 4.78 is 70.3. The Bertz CT molecular complexity index is 3010. The van der Waals surface area contributed by atoms with Crippen LogP contribution in [0.3, 0.4) is 0 Å². The highest BCUT2D eigenvalue weighted by Gasteiger charge is 2.47. The average molecular weight is 1170 g/mol. The number of nitrogens with one attached hydrogen (secondary N) is 2. The van der Waals surface area contributed by atoms with Crippen LogP contribution in [0.25, 0.3) is 0 Å². The van der Waals surface area contributed by atoms with Crippen molar-refractivity contribution in [1.29, 1.82) is 0 Å². The Balaban J connectivity index is 0.000000169. The highest BCUT2D eigenvalue weighted by atomic mass is 35.5. The van der Waals surface area contributed by atoms with Gasteiger partial charge in [0, 0.05) is 58.2 Å². The van der Waals surface area contributed by atoms with E-state index in [1.54, 1.807) is 36.4 Å². The summed E-state index contributed by atoms with van der Waals surface area (Å²) in [6.07, 6.45) is 13.1. The molecule has 4 aromatic rings. The number of anilines is 2. The van der Waals surface area contributed by atoms with Crippen molar-refractivity contribution >= 4 is 66.4 Å². The van der Waals surface area contributed by atoms with Gasteiger partial charge in [-0.05, 0) is 222 Å². The highest BCUT2D eigenvalue weighted by Crippen LogP contribution is 2.49. The zero-order valence-corrected chi connectivity index (χ0v) is 49.3. The standard InChI is InChI=1S/2C31H39ClN2O5S/c2*1-2-24-6-3-7-28(35)25-11-8-22(25)17-34-18-31(14-4-5-20-15-23(32)10-12-26(20)31)19-39-29-13-9-21(16-27(29)34)30(36)33-40(24,37)38/h2*9-10,12-13,15-16,22,24-25,28,35H,2-8,11,14,17-19H2,1H3,(H,33,36)/t22-,24+,25+,28-,31-;22-,24-,25+,28-,31-/m00/s1. The third-order valence-electron chi connectivity index (χ3n) is 19.8. The van der Waals surface area contributed by atoms with Gasteiger partial charge in [-0.1, -0.05) is 49.2 Å². The summed E-state index contributed by atoms with van der Waals surface area (Å²) in [4.78, 5) is 31.2. The lowest BCUT2D eigenvalue weighted by molar-refractivity contribution is 0.00889. The number of benzene rings is 4. The van der Waals surface area contributed by atoms with E-state index in [0.29, 0.717) is 99.0 Å². The van der Waals surface area contributed by atoms with Crippen LogP contribution >= 0.6 is 23.2 Å². The third kappa shape index (κ3) is 11.4. The van der Waals surface area contributed by atoms with Crippen molar-refractivity contribution in [1.82, 2.24) is 9.44 Å². The van der Waals surface area contributed by atoms with Gasteiger partial charge in [0.2, 0.25) is 20.0 Å². The van der Waals surface area contributed by atoms with Crippen LogP contribution < -0.4 is 28.7 Å². The molecule has 4 bridgehead atoms. The van der Waals surface area contributed by atoms with E-state index in [9.17, 15) is 36.6 Å². The summed E-state index contributed by atoms with van der Waals surface area (Å²) in [5.41, 5.74) is 6.82. The maximum Gasteiger partial charge on any atom is 0.264 e. The first-order valence-electron chi connectivity index (χ1n) is 29.5. The Morgan fingerprint density at radius 3 is 1.38 bits per heavy atom. The number of hydrogen-bond acceptors (Lipinski definition) is 12. The molecule has 2 amide bonds. The van der Waals surface area contributed by atoms with E-state index in [4.69, 9.17) is 32.7 Å². The quantitative estimate of drug-likeness (QED) is 0.149. The molecule has 4 aliphatic carbocycles. The van der Waals surface area contributed by atoms with Crippen LogP contribution in [0, 0.1) is 23.7 Å². The van der Waals surface area contributed by atoms with Crippen LogP contribution in [-0.2, 0) is 43.7 Å². The lowest BCUT2D eigenvalue weighted by Crippen LogP contribution is -2.49. The topological polar surface area (TPSA) is 192 Å². The van der Waals surface area contributed by atoms with Crippen molar-refractivity contribution in [3.05, 3.63) is 116 Å². The molecule has 2 spiro atoms. The average Bonchev–Trinajstić information content (AvgIpc) is 3.81. The SMILES string of the molecule is CC[C@@H]1CCC[C@H](O)[C@@H]2CC[C@H]2CN2C[C@@]3(CCCc4cc(Cl)ccc43)COc3ccc(cc32)C(=O)NS1(=O)=O.CC[C@H]1CCC[C@H](O)[C@@H]2CC[C@H]2CN2C[C@@]3(CCCc4cc(Cl)ccc43)COc3ccc(cc32)C(=O)NS1(=O)=O. The fraction of sp³-hybridized carbons (Fsp3) is 0.581. The number of amides is 2. The number of nitrogens with zero attached hydrogens (tertiary/aromatic N) is 2. The molecule has 12 rings (SSSR count). The van der Waals surface area contributed by atoms with Crippen molar-refractivity contribution in [2.75, 3.05) is 49.2 Å². The number of sulfonamides is 2. The zero-order valence-electron chi connectivity index (χ0n) is 46.1. The summed E-state index contributed by atoms with van der Waals surface area (Å²) in [7, 11) is -7.71. The van der Waals surface area contributed by atoms with E-state index in [2.05, 4.69) is 43.5 Å². The van der Waals surface area contributed by atoms with Gasteiger partial charge in [0.1, 0.15) is 11.5 Å². The highest BCUT2D eigenvalue weighted by molar-refractivity contribution is 7.91. The lowest BCUT2D eigenvalue weighted by Gasteiger charge is -2.45. The largest absolute Gasteiger partial charge is 0.490 e. The predicted molar refractivity (Wildman–Crippen MR) is 314 cm³/mol. The Morgan fingerprint density at radius 1 is 0.562 bits per heavy atom. The number of carbonyl (C=O) groups is 2. The van der Waals surface area contributed by atoms with Crippen molar-refractivity contribution in [3.8, 4) is 11.5 Å². The van der Waals surface area contributed by atoms with Crippen LogP contribution in [0.4, 0.5) is 11.4 Å². The Hall–Kier alpha value is -4.58. The fourth-order valence-electron chi connectivity index (χ4n) is 15.0. The molecule has 4 N–H and O–H groups in total. The first kappa shape index (κ1) is 57.2. The predicted octanol–water partition coefficient (Wildman–Crippen LogP) is 10.4. The molecule has 0 saturated heterocycles. The number of ether oxygens (including phenoxy) is 2. The van der Waals surface area contributed by atoms with Gasteiger partial charge in [-0.2, -0.15) is 0 Å². The van der Waals surface area contributed by atoms with Crippen LogP contribution in [-0.4, -0.2) is 101 Å². The molecule has 10 atom stereocenters. The first-order chi connectivity index (χ1) is 38.4. The molecule has 2 saturated carbocycles. The number of fused-ring (bicyclic) bond motifs is 8. The molecular formula is C62H78Cl2N4O10S2.